The van der Waals surface area contributed by atoms with Crippen molar-refractivity contribution in [3.8, 4) is 62.1 Å². The van der Waals surface area contributed by atoms with Crippen LogP contribution in [0.3, 0.4) is 0 Å². The van der Waals surface area contributed by atoms with Gasteiger partial charge >= 0.3 is 21.1 Å². The zero-order valence-electron chi connectivity index (χ0n) is 34.3. The summed E-state index contributed by atoms with van der Waals surface area (Å²) in [7, 11) is 0. The molecule has 0 spiro atoms. The van der Waals surface area contributed by atoms with Crippen molar-refractivity contribution >= 4 is 43.5 Å². The Morgan fingerprint density at radius 2 is 1.29 bits per heavy atom. The molecule has 0 fully saturated rings. The van der Waals surface area contributed by atoms with Crippen LogP contribution in [0.2, 0.25) is 0 Å². The van der Waals surface area contributed by atoms with Gasteiger partial charge in [0.15, 0.2) is 0 Å². The van der Waals surface area contributed by atoms with Crippen molar-refractivity contribution < 1.29 is 30.2 Å². The quantitative estimate of drug-likeness (QED) is 0.118. The minimum Gasteiger partial charge on any atom is -0.501 e. The Morgan fingerprint density at radius 1 is 0.565 bits per heavy atom. The monoisotopic (exact) mass is 980 g/mol. The van der Waals surface area contributed by atoms with Gasteiger partial charge in [-0.25, -0.2) is 0 Å². The second kappa shape index (κ2) is 15.8. The van der Waals surface area contributed by atoms with Gasteiger partial charge in [-0.2, -0.15) is 0 Å². The number of benzene rings is 8. The van der Waals surface area contributed by atoms with Crippen LogP contribution in [0.5, 0.6) is 11.5 Å². The fourth-order valence-corrected chi connectivity index (χ4v) is 8.59. The number of furan rings is 1. The first-order valence-electron chi connectivity index (χ1n) is 20.5. The zero-order chi connectivity index (χ0) is 41.1. The van der Waals surface area contributed by atoms with E-state index in [0.717, 1.165) is 49.6 Å². The van der Waals surface area contributed by atoms with E-state index in [9.17, 15) is 0 Å². The Hall–Kier alpha value is -7.07. The van der Waals surface area contributed by atoms with Crippen molar-refractivity contribution in [3.63, 3.8) is 0 Å². The Morgan fingerprint density at radius 3 is 2.05 bits per heavy atom. The van der Waals surface area contributed by atoms with E-state index in [0.29, 0.717) is 28.5 Å². The molecular weight excluding hydrogens is 942 g/mol. The fraction of sp³-hybridized carbons (Fsp3) is 0.0714. The van der Waals surface area contributed by atoms with Crippen molar-refractivity contribution in [1.82, 2.24) is 14.5 Å². The Kier molecular flexibility index (Phi) is 9.93. The summed E-state index contributed by atoms with van der Waals surface area (Å²) in [5.74, 6) is 1.77. The predicted molar refractivity (Wildman–Crippen MR) is 248 cm³/mol. The molecule has 0 N–H and O–H groups in total. The van der Waals surface area contributed by atoms with E-state index in [4.69, 9.17) is 14.1 Å². The van der Waals surface area contributed by atoms with Crippen LogP contribution in [0.15, 0.2) is 187 Å². The Balaban J connectivity index is 0.00000458. The van der Waals surface area contributed by atoms with Crippen molar-refractivity contribution in [2.75, 3.05) is 0 Å². The normalized spacial score (nSPS) is 11.7. The Bertz CT molecular complexity index is 3420. The van der Waals surface area contributed by atoms with Gasteiger partial charge in [0.2, 0.25) is 0 Å². The summed E-state index contributed by atoms with van der Waals surface area (Å²) in [5.41, 5.74) is 10.6. The number of rotatable bonds is 7. The molecule has 0 saturated heterocycles. The average Bonchev–Trinajstić information content (AvgIpc) is 3.95. The van der Waals surface area contributed by atoms with Gasteiger partial charge in [-0.3, -0.25) is 4.98 Å². The third-order valence-electron chi connectivity index (χ3n) is 11.5. The molecule has 0 bridgehead atoms. The number of imidazole rings is 1. The topological polar surface area (TPSA) is 53.1 Å². The first-order chi connectivity index (χ1) is 29.9. The summed E-state index contributed by atoms with van der Waals surface area (Å²) in [6, 6.07) is 64.0. The summed E-state index contributed by atoms with van der Waals surface area (Å²) >= 11 is 0. The SMILES string of the molecule is CC(C)(C)c1cc(-c2ccccc2)ccc1-n1ccnc1-c1[c-]c(Oc2[c-]c(-c3ccccn3)ccc2)cc2c1oc1ccc3c4cc(-c5ccccc5)ccc4ccc3c12.[Pt+2]. The number of ether oxygens (including phenoxy) is 1. The van der Waals surface area contributed by atoms with Crippen molar-refractivity contribution in [3.05, 3.63) is 200 Å². The van der Waals surface area contributed by atoms with Crippen LogP contribution in [0.4, 0.5) is 0 Å². The van der Waals surface area contributed by atoms with E-state index in [1.165, 1.54) is 33.0 Å². The molecule has 0 radical (unpaired) electrons. The molecule has 0 aliphatic heterocycles. The van der Waals surface area contributed by atoms with Gasteiger partial charge < -0.3 is 18.7 Å². The predicted octanol–water partition coefficient (Wildman–Crippen LogP) is 14.8. The molecule has 11 rings (SSSR count). The molecule has 3 heterocycles. The van der Waals surface area contributed by atoms with Crippen LogP contribution in [0.25, 0.3) is 94.1 Å². The van der Waals surface area contributed by atoms with Crippen molar-refractivity contribution in [2.24, 2.45) is 0 Å². The Labute approximate surface area is 374 Å². The molecule has 0 atom stereocenters. The smallest absolute Gasteiger partial charge is 0.501 e. The number of nitrogens with zero attached hydrogens (tertiary/aromatic N) is 3. The van der Waals surface area contributed by atoms with Crippen molar-refractivity contribution in [2.45, 2.75) is 26.2 Å². The molecule has 62 heavy (non-hydrogen) atoms. The summed E-state index contributed by atoms with van der Waals surface area (Å²) in [6.45, 7) is 6.76. The van der Waals surface area contributed by atoms with Gasteiger partial charge in [-0.05, 0) is 90.8 Å². The summed E-state index contributed by atoms with van der Waals surface area (Å²) < 4.78 is 15.8. The second-order valence-corrected chi connectivity index (χ2v) is 16.5. The molecule has 8 aromatic carbocycles. The summed E-state index contributed by atoms with van der Waals surface area (Å²) in [6.07, 6.45) is 5.65. The molecule has 0 unspecified atom stereocenters. The van der Waals surface area contributed by atoms with E-state index in [2.05, 4.69) is 164 Å². The van der Waals surface area contributed by atoms with Gasteiger partial charge in [-0.1, -0.05) is 159 Å². The fourth-order valence-electron chi connectivity index (χ4n) is 8.59. The first-order valence-corrected chi connectivity index (χ1v) is 20.5. The molecule has 6 heteroatoms. The second-order valence-electron chi connectivity index (χ2n) is 16.5. The van der Waals surface area contributed by atoms with E-state index in [1.807, 2.05) is 54.9 Å². The molecule has 300 valence electrons. The van der Waals surface area contributed by atoms with E-state index >= 15 is 0 Å². The minimum atomic E-state index is -0.179. The van der Waals surface area contributed by atoms with Crippen LogP contribution in [0, 0.1) is 12.1 Å². The van der Waals surface area contributed by atoms with Crippen LogP contribution in [-0.4, -0.2) is 14.5 Å². The van der Waals surface area contributed by atoms with Gasteiger partial charge in [-0.15, -0.1) is 23.8 Å². The van der Waals surface area contributed by atoms with E-state index in [1.54, 1.807) is 6.20 Å². The molecule has 0 saturated carbocycles. The van der Waals surface area contributed by atoms with Crippen LogP contribution in [-0.2, 0) is 26.5 Å². The third kappa shape index (κ3) is 6.99. The number of hydrogen-bond acceptors (Lipinski definition) is 4. The van der Waals surface area contributed by atoms with E-state index in [-0.39, 0.29) is 26.5 Å². The maximum absolute atomic E-state index is 6.91. The number of pyridine rings is 1. The number of aromatic nitrogens is 3. The van der Waals surface area contributed by atoms with Crippen LogP contribution in [0.1, 0.15) is 26.3 Å². The van der Waals surface area contributed by atoms with Gasteiger partial charge in [0, 0.05) is 41.2 Å². The molecule has 5 nitrogen and oxygen atoms in total. The third-order valence-corrected chi connectivity index (χ3v) is 11.5. The average molecular weight is 981 g/mol. The standard InChI is InChI=1S/C56H39N3O2.Pt/c1-56(2,3)49-33-40(37-15-8-5-9-16-37)23-26-51(49)59-30-29-58-55(59)48-35-43(60-42-18-12-17-41(31-42)50-19-10-11-28-57-50)34-47-53-45-24-22-38-20-21-39(36-13-6-4-7-14-36)32-46(38)44(45)25-27-52(53)61-54(47)48;/h4-30,32-34H,1-3H3;/q-2;+2. The summed E-state index contributed by atoms with van der Waals surface area (Å²) in [5, 5.41) is 6.51. The summed E-state index contributed by atoms with van der Waals surface area (Å²) in [4.78, 5) is 9.58. The van der Waals surface area contributed by atoms with Crippen LogP contribution >= 0.6 is 0 Å². The molecule has 0 aliphatic carbocycles. The van der Waals surface area contributed by atoms with Crippen LogP contribution < -0.4 is 4.74 Å². The van der Waals surface area contributed by atoms with Gasteiger partial charge in [0.05, 0.1) is 11.4 Å². The zero-order valence-corrected chi connectivity index (χ0v) is 36.6. The van der Waals surface area contributed by atoms with Gasteiger partial charge in [0.1, 0.15) is 5.58 Å². The maximum Gasteiger partial charge on any atom is 2.00 e. The minimum absolute atomic E-state index is 0. The number of fused-ring (bicyclic) bond motifs is 7. The molecule has 0 amide bonds. The van der Waals surface area contributed by atoms with Gasteiger partial charge in [0.25, 0.3) is 0 Å². The molecule has 3 aromatic heterocycles. The molecular formula is C56H39N3O2Pt. The van der Waals surface area contributed by atoms with E-state index < -0.39 is 0 Å². The van der Waals surface area contributed by atoms with Crippen molar-refractivity contribution in [1.29, 1.82) is 0 Å². The molecule has 0 aliphatic rings. The largest absolute Gasteiger partial charge is 2.00 e. The first kappa shape index (κ1) is 39.1. The number of hydrogen-bond donors (Lipinski definition) is 0. The molecule has 11 aromatic rings. The maximum atomic E-state index is 6.91.